The van der Waals surface area contributed by atoms with E-state index in [4.69, 9.17) is 5.11 Å². The number of rotatable bonds is 7. The first-order valence-corrected chi connectivity index (χ1v) is 7.60. The van der Waals surface area contributed by atoms with E-state index in [1.807, 2.05) is 6.92 Å². The number of sulfone groups is 1. The minimum Gasteiger partial charge on any atom is -0.481 e. The lowest BCUT2D eigenvalue weighted by atomic mass is 10.1. The fraction of sp³-hybridized carbons (Fsp3) is 0.385. The van der Waals surface area contributed by atoms with E-state index in [-0.39, 0.29) is 10.7 Å². The van der Waals surface area contributed by atoms with E-state index in [0.717, 1.165) is 6.42 Å². The summed E-state index contributed by atoms with van der Waals surface area (Å²) in [5.74, 6) is -1.62. The minimum atomic E-state index is -3.60. The number of carbonyl (C=O) groups is 2. The maximum atomic E-state index is 11.8. The quantitative estimate of drug-likeness (QED) is 0.773. The summed E-state index contributed by atoms with van der Waals surface area (Å²) in [7, 11) is -3.60. The molecule has 0 spiro atoms. The molecule has 19 heavy (non-hydrogen) atoms. The molecule has 0 bridgehead atoms. The van der Waals surface area contributed by atoms with Gasteiger partial charge < -0.3 is 5.11 Å². The summed E-state index contributed by atoms with van der Waals surface area (Å²) in [6.45, 7) is 1.89. The summed E-state index contributed by atoms with van der Waals surface area (Å²) in [5, 5.41) is 8.49. The van der Waals surface area contributed by atoms with Crippen LogP contribution in [0.2, 0.25) is 0 Å². The van der Waals surface area contributed by atoms with Gasteiger partial charge in [-0.1, -0.05) is 19.1 Å². The van der Waals surface area contributed by atoms with E-state index < -0.39 is 28.0 Å². The van der Waals surface area contributed by atoms with Gasteiger partial charge in [-0.3, -0.25) is 9.59 Å². The molecule has 0 aromatic heterocycles. The first-order chi connectivity index (χ1) is 8.86. The van der Waals surface area contributed by atoms with Gasteiger partial charge in [0.25, 0.3) is 0 Å². The molecule has 1 N–H and O–H groups in total. The highest BCUT2D eigenvalue weighted by atomic mass is 32.2. The molecule has 0 atom stereocenters. The van der Waals surface area contributed by atoms with Crippen LogP contribution in [0.5, 0.6) is 0 Å². The lowest BCUT2D eigenvalue weighted by Crippen LogP contribution is -2.11. The zero-order valence-corrected chi connectivity index (χ0v) is 11.4. The molecule has 0 radical (unpaired) electrons. The minimum absolute atomic E-state index is 0.0306. The van der Waals surface area contributed by atoms with E-state index in [1.165, 1.54) is 24.3 Å². The highest BCUT2D eigenvalue weighted by Gasteiger charge is 2.16. The van der Waals surface area contributed by atoms with Crippen molar-refractivity contribution >= 4 is 21.6 Å². The molecular formula is C13H16O5S. The second-order valence-corrected chi connectivity index (χ2v) is 6.27. The third-order valence-electron chi connectivity index (χ3n) is 2.60. The fourth-order valence-corrected chi connectivity index (χ4v) is 2.79. The van der Waals surface area contributed by atoms with Crippen LogP contribution in [0.4, 0.5) is 0 Å². The largest absolute Gasteiger partial charge is 0.481 e. The molecule has 0 fully saturated rings. The first-order valence-electron chi connectivity index (χ1n) is 5.94. The molecule has 0 saturated carbocycles. The van der Waals surface area contributed by atoms with Gasteiger partial charge >= 0.3 is 5.97 Å². The Bertz CT molecular complexity index is 557. The van der Waals surface area contributed by atoms with Crippen LogP contribution in [0, 0.1) is 0 Å². The predicted octanol–water partition coefficient (Wildman–Crippen LogP) is 1.92. The average molecular weight is 284 g/mol. The van der Waals surface area contributed by atoms with Crippen LogP contribution in [0.1, 0.15) is 36.5 Å². The molecule has 0 aliphatic rings. The van der Waals surface area contributed by atoms with Crippen molar-refractivity contribution in [2.24, 2.45) is 0 Å². The Kier molecular flexibility index (Phi) is 5.23. The molecule has 0 aliphatic carbocycles. The molecule has 1 aromatic carbocycles. The van der Waals surface area contributed by atoms with Gasteiger partial charge in [0.1, 0.15) is 0 Å². The number of carboxylic acids is 1. The lowest BCUT2D eigenvalue weighted by Gasteiger charge is -2.04. The van der Waals surface area contributed by atoms with Gasteiger partial charge in [-0.15, -0.1) is 0 Å². The van der Waals surface area contributed by atoms with Crippen molar-refractivity contribution in [2.45, 2.75) is 31.1 Å². The Morgan fingerprint density at radius 2 is 1.68 bits per heavy atom. The molecule has 104 valence electrons. The average Bonchev–Trinajstić information content (AvgIpc) is 2.37. The molecule has 0 saturated heterocycles. The van der Waals surface area contributed by atoms with Crippen molar-refractivity contribution in [2.75, 3.05) is 5.75 Å². The molecule has 1 aromatic rings. The van der Waals surface area contributed by atoms with Gasteiger partial charge in [0, 0.05) is 12.0 Å². The molecule has 5 nitrogen and oxygen atoms in total. The summed E-state index contributed by atoms with van der Waals surface area (Å²) < 4.78 is 23.6. The fourth-order valence-electron chi connectivity index (χ4n) is 1.56. The van der Waals surface area contributed by atoms with Crippen LogP contribution in [0.25, 0.3) is 0 Å². The Morgan fingerprint density at radius 3 is 2.16 bits per heavy atom. The van der Waals surface area contributed by atoms with Crippen LogP contribution in [0.3, 0.4) is 0 Å². The standard InChI is InChI=1S/C13H16O5S/c1-2-3-12(14)10-4-6-11(7-5-10)19(17,18)9-8-13(15)16/h4-7H,2-3,8-9H2,1H3,(H,15,16). The number of aliphatic carboxylic acids is 1. The zero-order chi connectivity index (χ0) is 14.5. The first kappa shape index (κ1) is 15.4. The molecule has 0 aliphatic heterocycles. The van der Waals surface area contributed by atoms with E-state index >= 15 is 0 Å². The van der Waals surface area contributed by atoms with E-state index in [2.05, 4.69) is 0 Å². The summed E-state index contributed by atoms with van der Waals surface area (Å²) in [5.41, 5.74) is 0.471. The highest BCUT2D eigenvalue weighted by molar-refractivity contribution is 7.91. The number of carboxylic acid groups (broad SMARTS) is 1. The van der Waals surface area contributed by atoms with Crippen LogP contribution < -0.4 is 0 Å². The Labute approximate surface area is 112 Å². The summed E-state index contributed by atoms with van der Waals surface area (Å²) >= 11 is 0. The topological polar surface area (TPSA) is 88.5 Å². The van der Waals surface area contributed by atoms with E-state index in [1.54, 1.807) is 0 Å². The number of ketones is 1. The maximum absolute atomic E-state index is 11.8. The third-order valence-corrected chi connectivity index (χ3v) is 4.33. The second kappa shape index (κ2) is 6.47. The summed E-state index contributed by atoms with van der Waals surface area (Å²) in [6.07, 6.45) is 0.724. The van der Waals surface area contributed by atoms with E-state index in [9.17, 15) is 18.0 Å². The Balaban J connectivity index is 2.86. The van der Waals surface area contributed by atoms with Gasteiger partial charge in [-0.05, 0) is 18.6 Å². The maximum Gasteiger partial charge on any atom is 0.304 e. The zero-order valence-electron chi connectivity index (χ0n) is 10.6. The van der Waals surface area contributed by atoms with Crippen molar-refractivity contribution in [3.63, 3.8) is 0 Å². The molecule has 6 heteroatoms. The Hall–Kier alpha value is -1.69. The van der Waals surface area contributed by atoms with Crippen molar-refractivity contribution in [3.05, 3.63) is 29.8 Å². The van der Waals surface area contributed by atoms with Gasteiger partial charge in [0.05, 0.1) is 17.1 Å². The summed E-state index contributed by atoms with van der Waals surface area (Å²) in [6, 6.07) is 5.62. The van der Waals surface area contributed by atoms with Gasteiger partial charge in [-0.2, -0.15) is 0 Å². The molecule has 0 unspecified atom stereocenters. The van der Waals surface area contributed by atoms with E-state index in [0.29, 0.717) is 12.0 Å². The smallest absolute Gasteiger partial charge is 0.304 e. The van der Waals surface area contributed by atoms with Crippen LogP contribution in [0.15, 0.2) is 29.2 Å². The van der Waals surface area contributed by atoms with Crippen molar-refractivity contribution < 1.29 is 23.1 Å². The lowest BCUT2D eigenvalue weighted by molar-refractivity contribution is -0.136. The molecule has 0 amide bonds. The number of hydrogen-bond donors (Lipinski definition) is 1. The Morgan fingerprint density at radius 1 is 1.11 bits per heavy atom. The molecule has 0 heterocycles. The van der Waals surface area contributed by atoms with Crippen molar-refractivity contribution in [3.8, 4) is 0 Å². The van der Waals surface area contributed by atoms with Gasteiger partial charge in [-0.25, -0.2) is 8.42 Å². The van der Waals surface area contributed by atoms with Crippen molar-refractivity contribution in [1.82, 2.24) is 0 Å². The van der Waals surface area contributed by atoms with Crippen molar-refractivity contribution in [1.29, 1.82) is 0 Å². The summed E-state index contributed by atoms with van der Waals surface area (Å²) in [4.78, 5) is 22.0. The highest BCUT2D eigenvalue weighted by Crippen LogP contribution is 2.14. The van der Waals surface area contributed by atoms with Crippen LogP contribution >= 0.6 is 0 Å². The number of carbonyl (C=O) groups excluding carboxylic acids is 1. The number of benzene rings is 1. The van der Waals surface area contributed by atoms with Crippen LogP contribution in [-0.4, -0.2) is 31.0 Å². The second-order valence-electron chi connectivity index (χ2n) is 4.16. The normalized spacial score (nSPS) is 11.2. The predicted molar refractivity (Wildman–Crippen MR) is 70.0 cm³/mol. The SMILES string of the molecule is CCCC(=O)c1ccc(S(=O)(=O)CCC(=O)O)cc1. The number of Topliss-reactive ketones (excluding diaryl/α,β-unsaturated/α-hetero) is 1. The van der Waals surface area contributed by atoms with Gasteiger partial charge in [0.15, 0.2) is 15.6 Å². The monoisotopic (exact) mass is 284 g/mol. The van der Waals surface area contributed by atoms with Gasteiger partial charge in [0.2, 0.25) is 0 Å². The third kappa shape index (κ3) is 4.48. The van der Waals surface area contributed by atoms with Crippen LogP contribution in [-0.2, 0) is 14.6 Å². The number of hydrogen-bond acceptors (Lipinski definition) is 4. The molecular weight excluding hydrogens is 268 g/mol. The molecule has 1 rings (SSSR count).